The Kier molecular flexibility index (Phi) is 10.7. The van der Waals surface area contributed by atoms with Gasteiger partial charge in [-0.3, -0.25) is 14.3 Å². The maximum absolute atomic E-state index is 13.6. The Labute approximate surface area is 257 Å². The molecule has 0 amide bonds. The third kappa shape index (κ3) is 7.86. The number of unbranched alkanes of at least 4 members (excludes halogenated alkanes) is 2. The van der Waals surface area contributed by atoms with Gasteiger partial charge in [-0.05, 0) is 59.1 Å². The summed E-state index contributed by atoms with van der Waals surface area (Å²) in [7, 11) is 0. The van der Waals surface area contributed by atoms with Gasteiger partial charge in [-0.25, -0.2) is 0 Å². The first-order valence-electron chi connectivity index (χ1n) is 15.9. The lowest BCUT2D eigenvalue weighted by Crippen LogP contribution is -2.33. The van der Waals surface area contributed by atoms with E-state index in [1.54, 1.807) is 0 Å². The molecule has 2 aliphatic heterocycles. The van der Waals surface area contributed by atoms with Crippen molar-refractivity contribution in [3.05, 3.63) is 57.6 Å². The zero-order valence-corrected chi connectivity index (χ0v) is 27.4. The van der Waals surface area contributed by atoms with E-state index in [1.807, 2.05) is 24.3 Å². The summed E-state index contributed by atoms with van der Waals surface area (Å²) in [5.41, 5.74) is 3.84. The summed E-state index contributed by atoms with van der Waals surface area (Å²) in [5, 5.41) is 0. The van der Waals surface area contributed by atoms with E-state index in [0.717, 1.165) is 36.8 Å². The van der Waals surface area contributed by atoms with Crippen LogP contribution in [0.1, 0.15) is 149 Å². The highest BCUT2D eigenvalue weighted by molar-refractivity contribution is 6.00. The molecule has 2 unspecified atom stereocenters. The lowest BCUT2D eigenvalue weighted by molar-refractivity contribution is -0.227. The molecule has 0 saturated heterocycles. The molecule has 0 saturated carbocycles. The summed E-state index contributed by atoms with van der Waals surface area (Å²) < 4.78 is 30.8. The summed E-state index contributed by atoms with van der Waals surface area (Å²) in [5.74, 6) is 0.886. The van der Waals surface area contributed by atoms with Crippen LogP contribution < -0.4 is 9.47 Å². The van der Waals surface area contributed by atoms with E-state index in [1.165, 1.54) is 0 Å². The fourth-order valence-electron chi connectivity index (χ4n) is 5.15. The average Bonchev–Trinajstić information content (AvgIpc) is 2.95. The molecule has 0 radical (unpaired) electrons. The van der Waals surface area contributed by atoms with Crippen LogP contribution in [0.5, 0.6) is 11.5 Å². The van der Waals surface area contributed by atoms with Crippen molar-refractivity contribution in [3.8, 4) is 11.5 Å². The Morgan fingerprint density at radius 1 is 0.651 bits per heavy atom. The first-order chi connectivity index (χ1) is 20.3. The number of Topliss-reactive ketones (excluding diaryl/α,β-unsaturated/α-hetero) is 2. The molecular weight excluding hydrogens is 544 g/mol. The first kappa shape index (κ1) is 33.2. The van der Waals surface area contributed by atoms with Crippen molar-refractivity contribution in [1.82, 2.24) is 0 Å². The zero-order chi connectivity index (χ0) is 31.4. The second kappa shape index (κ2) is 13.9. The maximum atomic E-state index is 13.6. The van der Waals surface area contributed by atoms with Gasteiger partial charge in [-0.1, -0.05) is 68.2 Å². The molecule has 2 heterocycles. The summed E-state index contributed by atoms with van der Waals surface area (Å²) in [6.45, 7) is 18.9. The van der Waals surface area contributed by atoms with Crippen LogP contribution in [0, 0.1) is 0 Å². The standard InChI is InChI=1S/C36H50O7/c1-9-11-15-39-17-13-29(37)25-19-23(35(3,4)5)21-27-31(25)41-34-28-22-24(36(6,7)8)20-26(32(28)42-33(27)43-34)30(38)14-18-40-16-12-10-2/h19-22,33-34H,9-18H2,1-8H3. The molecule has 7 heteroatoms. The number of hydrogen-bond acceptors (Lipinski definition) is 7. The van der Waals surface area contributed by atoms with Crippen molar-refractivity contribution in [2.24, 2.45) is 0 Å². The van der Waals surface area contributed by atoms with Gasteiger partial charge in [0.25, 0.3) is 0 Å². The minimum Gasteiger partial charge on any atom is -0.459 e. The van der Waals surface area contributed by atoms with Crippen LogP contribution in [0.3, 0.4) is 0 Å². The van der Waals surface area contributed by atoms with Gasteiger partial charge < -0.3 is 18.9 Å². The quantitative estimate of drug-likeness (QED) is 0.160. The number of rotatable bonds is 14. The summed E-state index contributed by atoms with van der Waals surface area (Å²) in [4.78, 5) is 27.2. The van der Waals surface area contributed by atoms with Crippen molar-refractivity contribution in [2.45, 2.75) is 117 Å². The van der Waals surface area contributed by atoms with Crippen LogP contribution in [-0.4, -0.2) is 38.0 Å². The van der Waals surface area contributed by atoms with Crippen LogP contribution in [0.15, 0.2) is 24.3 Å². The van der Waals surface area contributed by atoms with Crippen LogP contribution in [-0.2, 0) is 25.0 Å². The number of carbonyl (C=O) groups is 2. The molecule has 236 valence electrons. The Bertz CT molecular complexity index is 1200. The van der Waals surface area contributed by atoms with E-state index in [4.69, 9.17) is 23.7 Å². The van der Waals surface area contributed by atoms with E-state index < -0.39 is 12.6 Å². The number of hydrogen-bond donors (Lipinski definition) is 0. The van der Waals surface area contributed by atoms with Crippen LogP contribution >= 0.6 is 0 Å². The smallest absolute Gasteiger partial charge is 0.234 e. The van der Waals surface area contributed by atoms with Gasteiger partial charge in [0.15, 0.2) is 11.6 Å². The molecule has 2 aromatic rings. The van der Waals surface area contributed by atoms with E-state index in [0.29, 0.717) is 60.2 Å². The lowest BCUT2D eigenvalue weighted by atomic mass is 9.82. The fraction of sp³-hybridized carbons (Fsp3) is 0.611. The SMILES string of the molecule is CCCCOCCC(=O)c1cc(C(C)(C)C)cc2c1OC1OC2Oc2c(C(=O)CCOCCCC)cc(C(C)(C)C)cc21. The predicted molar refractivity (Wildman–Crippen MR) is 167 cm³/mol. The maximum Gasteiger partial charge on any atom is 0.234 e. The minimum atomic E-state index is -0.816. The third-order valence-electron chi connectivity index (χ3n) is 8.00. The van der Waals surface area contributed by atoms with Gasteiger partial charge in [-0.15, -0.1) is 0 Å². The number of benzene rings is 2. The molecule has 7 nitrogen and oxygen atoms in total. The van der Waals surface area contributed by atoms with Gasteiger partial charge >= 0.3 is 0 Å². The number of carbonyl (C=O) groups excluding carboxylic acids is 2. The van der Waals surface area contributed by atoms with Gasteiger partial charge in [-0.2, -0.15) is 0 Å². The zero-order valence-electron chi connectivity index (χ0n) is 27.4. The van der Waals surface area contributed by atoms with Crippen LogP contribution in [0.25, 0.3) is 0 Å². The molecule has 0 aromatic heterocycles. The second-order valence-corrected chi connectivity index (χ2v) is 13.7. The summed E-state index contributed by atoms with van der Waals surface area (Å²) in [6.07, 6.45) is 2.91. The van der Waals surface area contributed by atoms with Crippen LogP contribution in [0.4, 0.5) is 0 Å². The minimum absolute atomic E-state index is 0.0403. The molecule has 0 N–H and O–H groups in total. The molecule has 0 aliphatic carbocycles. The number of ketones is 2. The van der Waals surface area contributed by atoms with Gasteiger partial charge in [0.1, 0.15) is 11.5 Å². The van der Waals surface area contributed by atoms with E-state index >= 15 is 0 Å². The monoisotopic (exact) mass is 594 g/mol. The molecule has 2 atom stereocenters. The van der Waals surface area contributed by atoms with Gasteiger partial charge in [0.2, 0.25) is 12.6 Å². The fourth-order valence-corrected chi connectivity index (χ4v) is 5.15. The Hall–Kier alpha value is -2.74. The molecule has 2 aliphatic rings. The summed E-state index contributed by atoms with van der Waals surface area (Å²) in [6, 6.07) is 7.88. The highest BCUT2D eigenvalue weighted by Gasteiger charge is 2.42. The highest BCUT2D eigenvalue weighted by atomic mass is 16.8. The summed E-state index contributed by atoms with van der Waals surface area (Å²) >= 11 is 0. The molecule has 4 rings (SSSR count). The number of fused-ring (bicyclic) bond motifs is 6. The normalized spacial score (nSPS) is 17.5. The lowest BCUT2D eigenvalue weighted by Gasteiger charge is -2.40. The van der Waals surface area contributed by atoms with E-state index in [2.05, 4.69) is 55.4 Å². The van der Waals surface area contributed by atoms with Gasteiger partial charge in [0.05, 0.1) is 35.5 Å². The molecular formula is C36H50O7. The van der Waals surface area contributed by atoms with Crippen molar-refractivity contribution >= 4 is 11.6 Å². The molecule has 0 fully saturated rings. The molecule has 0 spiro atoms. The Morgan fingerprint density at radius 3 is 1.40 bits per heavy atom. The Balaban J connectivity index is 1.71. The largest absolute Gasteiger partial charge is 0.459 e. The van der Waals surface area contributed by atoms with Crippen molar-refractivity contribution < 1.29 is 33.3 Å². The second-order valence-electron chi connectivity index (χ2n) is 13.7. The van der Waals surface area contributed by atoms with E-state index in [9.17, 15) is 9.59 Å². The van der Waals surface area contributed by atoms with E-state index in [-0.39, 0.29) is 35.2 Å². The molecule has 2 aromatic carbocycles. The topological polar surface area (TPSA) is 80.3 Å². The Morgan fingerprint density at radius 2 is 1.05 bits per heavy atom. The number of ether oxygens (including phenoxy) is 5. The van der Waals surface area contributed by atoms with Crippen LogP contribution in [0.2, 0.25) is 0 Å². The molecule has 2 bridgehead atoms. The van der Waals surface area contributed by atoms with Crippen molar-refractivity contribution in [1.29, 1.82) is 0 Å². The first-order valence-corrected chi connectivity index (χ1v) is 15.9. The third-order valence-corrected chi connectivity index (χ3v) is 8.00. The van der Waals surface area contributed by atoms with Crippen molar-refractivity contribution in [2.75, 3.05) is 26.4 Å². The average molecular weight is 595 g/mol. The predicted octanol–water partition coefficient (Wildman–Crippen LogP) is 8.56. The van der Waals surface area contributed by atoms with Gasteiger partial charge in [0, 0.05) is 26.1 Å². The molecule has 43 heavy (non-hydrogen) atoms. The van der Waals surface area contributed by atoms with Crippen molar-refractivity contribution in [3.63, 3.8) is 0 Å². The highest BCUT2D eigenvalue weighted by Crippen LogP contribution is 2.52.